The van der Waals surface area contributed by atoms with E-state index >= 15 is 0 Å². The van der Waals surface area contributed by atoms with Gasteiger partial charge in [0.2, 0.25) is 6.71 Å². The minimum absolute atomic E-state index is 0.299. The van der Waals surface area contributed by atoms with Gasteiger partial charge in [-0.3, -0.25) is 0 Å². The van der Waals surface area contributed by atoms with Gasteiger partial charge >= 0.3 is 0 Å². The Morgan fingerprint density at radius 1 is 0.714 bits per heavy atom. The molecule has 0 unspecified atom stereocenters. The zero-order chi connectivity index (χ0) is 24.3. The fourth-order valence-corrected chi connectivity index (χ4v) is 7.96. The lowest BCUT2D eigenvalue weighted by Gasteiger charge is -2.29. The molecule has 172 valence electrons. The van der Waals surface area contributed by atoms with Crippen LogP contribution in [0, 0.1) is 0 Å². The van der Waals surface area contributed by atoms with Crippen LogP contribution in [0.5, 0.6) is 0 Å². The largest absolute Gasteiger partial charge is 0.340 e. The molecule has 1 heterocycles. The van der Waals surface area contributed by atoms with Crippen molar-refractivity contribution in [1.29, 1.82) is 0 Å². The third-order valence-corrected chi connectivity index (χ3v) is 10.6. The summed E-state index contributed by atoms with van der Waals surface area (Å²) in [5, 5.41) is 2.92. The molecule has 0 radical (unpaired) electrons. The van der Waals surface area contributed by atoms with Crippen LogP contribution >= 0.6 is 0 Å². The summed E-state index contributed by atoms with van der Waals surface area (Å²) in [5.74, 6) is 1.99. The quantitative estimate of drug-likeness (QED) is 0.324. The summed E-state index contributed by atoms with van der Waals surface area (Å²) in [4.78, 5) is 4.18. The van der Waals surface area contributed by atoms with Crippen LogP contribution < -0.4 is 21.3 Å². The molecule has 0 fully saturated rings. The highest BCUT2D eigenvalue weighted by atomic mass is 28.3. The third-order valence-electron chi connectivity index (χ3n) is 6.43. The van der Waals surface area contributed by atoms with Crippen LogP contribution in [0.25, 0.3) is 0 Å². The number of nitrogens with zero attached hydrogens (tertiary/aromatic N) is 2. The maximum absolute atomic E-state index is 4.18. The van der Waals surface area contributed by atoms with Gasteiger partial charge in [0.15, 0.2) is 0 Å². The van der Waals surface area contributed by atoms with E-state index in [9.17, 15) is 0 Å². The van der Waals surface area contributed by atoms with Gasteiger partial charge in [-0.2, -0.15) is 0 Å². The van der Waals surface area contributed by atoms with E-state index in [-0.39, 0.29) is 0 Å². The number of aromatic nitrogens is 2. The molecule has 0 N–H and O–H groups in total. The van der Waals surface area contributed by atoms with Crippen LogP contribution in [-0.4, -0.2) is 24.3 Å². The average Bonchev–Trinajstić information content (AvgIpc) is 3.45. The SMILES string of the molecule is C=CB(c1ccccc1)c1ccccc1.C[Si](Cn1ccnc1)(c1ccccc1)c1ccccc1. The molecule has 5 aromatic rings. The van der Waals surface area contributed by atoms with E-state index in [0.29, 0.717) is 6.71 Å². The molecule has 35 heavy (non-hydrogen) atoms. The predicted molar refractivity (Wildman–Crippen MR) is 154 cm³/mol. The summed E-state index contributed by atoms with van der Waals surface area (Å²) >= 11 is 0. The molecular formula is C31H31BN2Si. The number of imidazole rings is 1. The number of benzene rings is 4. The molecule has 0 aliphatic carbocycles. The third kappa shape index (κ3) is 6.17. The zero-order valence-corrected chi connectivity index (χ0v) is 21.2. The van der Waals surface area contributed by atoms with Gasteiger partial charge in [-0.15, -0.1) is 12.6 Å². The van der Waals surface area contributed by atoms with Crippen molar-refractivity contribution in [2.45, 2.75) is 12.7 Å². The molecule has 0 spiro atoms. The Bertz CT molecular complexity index is 1200. The molecule has 0 saturated carbocycles. The summed E-state index contributed by atoms with van der Waals surface area (Å²) in [5.41, 5.74) is 2.58. The molecule has 5 rings (SSSR count). The highest BCUT2D eigenvalue weighted by molar-refractivity contribution is 7.00. The van der Waals surface area contributed by atoms with Gasteiger partial charge in [-0.1, -0.05) is 149 Å². The van der Waals surface area contributed by atoms with E-state index in [0.717, 1.165) is 6.17 Å². The van der Waals surface area contributed by atoms with Gasteiger partial charge in [0.05, 0.1) is 6.33 Å². The molecule has 0 aliphatic heterocycles. The Kier molecular flexibility index (Phi) is 8.31. The van der Waals surface area contributed by atoms with Gasteiger partial charge in [-0.25, -0.2) is 4.98 Å². The second-order valence-corrected chi connectivity index (χ2v) is 13.0. The van der Waals surface area contributed by atoms with Crippen molar-refractivity contribution in [1.82, 2.24) is 9.55 Å². The summed E-state index contributed by atoms with van der Waals surface area (Å²) in [6.45, 7) is 6.64. The average molecular weight is 471 g/mol. The summed E-state index contributed by atoms with van der Waals surface area (Å²) in [7, 11) is -1.78. The van der Waals surface area contributed by atoms with Crippen molar-refractivity contribution in [2.24, 2.45) is 0 Å². The molecule has 2 nitrogen and oxygen atoms in total. The van der Waals surface area contributed by atoms with Crippen LogP contribution in [-0.2, 0) is 6.17 Å². The first-order valence-electron chi connectivity index (χ1n) is 12.0. The van der Waals surface area contributed by atoms with Gasteiger partial charge in [0.1, 0.15) is 8.07 Å². The highest BCUT2D eigenvalue weighted by Gasteiger charge is 2.32. The van der Waals surface area contributed by atoms with Crippen LogP contribution in [0.3, 0.4) is 0 Å². The molecule has 4 aromatic carbocycles. The van der Waals surface area contributed by atoms with E-state index in [2.05, 4.69) is 138 Å². The Balaban J connectivity index is 0.000000172. The molecule has 0 atom stereocenters. The zero-order valence-electron chi connectivity index (χ0n) is 20.2. The summed E-state index contributed by atoms with van der Waals surface area (Å²) < 4.78 is 2.20. The molecule has 0 aliphatic rings. The minimum Gasteiger partial charge on any atom is -0.340 e. The molecule has 0 amide bonds. The summed E-state index contributed by atoms with van der Waals surface area (Å²) in [6, 6.07) is 42.6. The van der Waals surface area contributed by atoms with Crippen LogP contribution in [0.2, 0.25) is 6.55 Å². The second-order valence-electron chi connectivity index (χ2n) is 8.83. The topological polar surface area (TPSA) is 17.8 Å². The fraction of sp³-hybridized carbons (Fsp3) is 0.0645. The highest BCUT2D eigenvalue weighted by Crippen LogP contribution is 2.09. The lowest BCUT2D eigenvalue weighted by molar-refractivity contribution is 0.858. The lowest BCUT2D eigenvalue weighted by Crippen LogP contribution is -2.58. The Morgan fingerprint density at radius 2 is 1.14 bits per heavy atom. The maximum atomic E-state index is 4.18. The first kappa shape index (κ1) is 24.2. The fourth-order valence-electron chi connectivity index (χ4n) is 4.49. The lowest BCUT2D eigenvalue weighted by atomic mass is 9.41. The monoisotopic (exact) mass is 470 g/mol. The Labute approximate surface area is 210 Å². The Hall–Kier alpha value is -3.89. The first-order valence-corrected chi connectivity index (χ1v) is 14.7. The number of hydrogen-bond donors (Lipinski definition) is 0. The van der Waals surface area contributed by atoms with Crippen molar-refractivity contribution in [3.8, 4) is 0 Å². The van der Waals surface area contributed by atoms with Crippen LogP contribution in [0.4, 0.5) is 0 Å². The predicted octanol–water partition coefficient (Wildman–Crippen LogP) is 4.34. The normalized spacial score (nSPS) is 10.7. The van der Waals surface area contributed by atoms with Crippen LogP contribution in [0.15, 0.2) is 153 Å². The van der Waals surface area contributed by atoms with Crippen molar-refractivity contribution < 1.29 is 0 Å². The minimum atomic E-state index is -1.78. The Morgan fingerprint density at radius 3 is 1.51 bits per heavy atom. The van der Waals surface area contributed by atoms with E-state index < -0.39 is 8.07 Å². The molecule has 1 aromatic heterocycles. The summed E-state index contributed by atoms with van der Waals surface area (Å²) in [6.07, 6.45) is 6.83. The van der Waals surface area contributed by atoms with E-state index in [1.807, 2.05) is 30.6 Å². The molecular weight excluding hydrogens is 439 g/mol. The van der Waals surface area contributed by atoms with Crippen molar-refractivity contribution >= 4 is 36.1 Å². The molecule has 0 saturated heterocycles. The standard InChI is InChI=1S/C17H18N2Si.C14H13B/c1-20(15-19-13-12-18-14-19,16-8-4-2-5-9-16)17-10-6-3-7-11-17;1-2-15(13-9-5-3-6-10-13)14-11-7-4-8-12-14/h2-14H,15H2,1H3;2-12H,1H2. The number of hydrogen-bond acceptors (Lipinski definition) is 1. The smallest absolute Gasteiger partial charge is 0.233 e. The maximum Gasteiger partial charge on any atom is 0.233 e. The van der Waals surface area contributed by atoms with Crippen LogP contribution in [0.1, 0.15) is 0 Å². The second kappa shape index (κ2) is 12.0. The van der Waals surface area contributed by atoms with E-state index in [1.165, 1.54) is 21.3 Å². The number of rotatable bonds is 7. The van der Waals surface area contributed by atoms with E-state index in [4.69, 9.17) is 0 Å². The van der Waals surface area contributed by atoms with Gasteiger partial charge in [-0.05, 0) is 0 Å². The van der Waals surface area contributed by atoms with E-state index in [1.54, 1.807) is 0 Å². The first-order chi connectivity index (χ1) is 17.2. The van der Waals surface area contributed by atoms with Crippen molar-refractivity contribution in [2.75, 3.05) is 0 Å². The van der Waals surface area contributed by atoms with Crippen molar-refractivity contribution in [3.63, 3.8) is 0 Å². The van der Waals surface area contributed by atoms with Crippen molar-refractivity contribution in [3.05, 3.63) is 153 Å². The molecule has 0 bridgehead atoms. The molecule has 4 heteroatoms. The van der Waals surface area contributed by atoms with Gasteiger partial charge < -0.3 is 4.57 Å². The van der Waals surface area contributed by atoms with Gasteiger partial charge in [0.25, 0.3) is 0 Å². The van der Waals surface area contributed by atoms with Gasteiger partial charge in [0, 0.05) is 18.6 Å².